The average Bonchev–Trinajstić information content (AvgIpc) is 2.18. The Morgan fingerprint density at radius 3 is 2.50 bits per heavy atom. The lowest BCUT2D eigenvalue weighted by Gasteiger charge is -2.22. The van der Waals surface area contributed by atoms with E-state index in [-0.39, 0.29) is 0 Å². The molecule has 0 radical (unpaired) electrons. The highest BCUT2D eigenvalue weighted by atomic mass is 15.0. The monoisotopic (exact) mass is 191 g/mol. The lowest BCUT2D eigenvalue weighted by molar-refractivity contribution is 0.396. The van der Waals surface area contributed by atoms with Crippen molar-refractivity contribution in [3.63, 3.8) is 0 Å². The highest BCUT2D eigenvalue weighted by Crippen LogP contribution is 2.20. The van der Waals surface area contributed by atoms with E-state index in [1.807, 2.05) is 19.9 Å². The van der Waals surface area contributed by atoms with Gasteiger partial charge in [-0.2, -0.15) is 0 Å². The molecule has 2 heterocycles. The molecule has 1 aromatic rings. The summed E-state index contributed by atoms with van der Waals surface area (Å²) in [7, 11) is 0. The number of rotatable bonds is 1. The number of nitrogens with one attached hydrogen (secondary N) is 1. The van der Waals surface area contributed by atoms with Crippen LogP contribution in [0.1, 0.15) is 42.5 Å². The normalized spacial score (nSPS) is 22.3. The lowest BCUT2D eigenvalue weighted by atomic mass is 10.0. The second-order valence-corrected chi connectivity index (χ2v) is 4.01. The van der Waals surface area contributed by atoms with Crippen LogP contribution in [-0.2, 0) is 0 Å². The van der Waals surface area contributed by atoms with Crippen LogP contribution in [0.25, 0.3) is 0 Å². The molecule has 0 spiro atoms. The SMILES string of the molecule is Cc1cc(C)nc([C@@H]2CCCCN2)n1. The summed E-state index contributed by atoms with van der Waals surface area (Å²) in [5.41, 5.74) is 2.14. The summed E-state index contributed by atoms with van der Waals surface area (Å²) < 4.78 is 0. The molecule has 0 unspecified atom stereocenters. The maximum atomic E-state index is 4.48. The molecule has 0 bridgehead atoms. The van der Waals surface area contributed by atoms with Gasteiger partial charge in [0.05, 0.1) is 6.04 Å². The van der Waals surface area contributed by atoms with E-state index in [0.717, 1.165) is 23.8 Å². The fourth-order valence-corrected chi connectivity index (χ4v) is 1.98. The van der Waals surface area contributed by atoms with Crippen LogP contribution >= 0.6 is 0 Å². The largest absolute Gasteiger partial charge is 0.307 e. The summed E-state index contributed by atoms with van der Waals surface area (Å²) in [4.78, 5) is 8.97. The molecular weight excluding hydrogens is 174 g/mol. The van der Waals surface area contributed by atoms with E-state index >= 15 is 0 Å². The Morgan fingerprint density at radius 1 is 1.21 bits per heavy atom. The van der Waals surface area contributed by atoms with Gasteiger partial charge in [-0.25, -0.2) is 9.97 Å². The number of piperidine rings is 1. The summed E-state index contributed by atoms with van der Waals surface area (Å²) >= 11 is 0. The van der Waals surface area contributed by atoms with Crippen LogP contribution in [0.4, 0.5) is 0 Å². The van der Waals surface area contributed by atoms with Crippen LogP contribution in [0.15, 0.2) is 6.07 Å². The third-order valence-electron chi connectivity index (χ3n) is 2.62. The van der Waals surface area contributed by atoms with Gasteiger partial charge in [0.2, 0.25) is 0 Å². The molecule has 1 N–H and O–H groups in total. The minimum absolute atomic E-state index is 0.377. The van der Waals surface area contributed by atoms with E-state index in [1.165, 1.54) is 19.3 Å². The van der Waals surface area contributed by atoms with Gasteiger partial charge in [-0.05, 0) is 39.3 Å². The molecule has 76 valence electrons. The smallest absolute Gasteiger partial charge is 0.145 e. The Hall–Kier alpha value is -0.960. The molecule has 14 heavy (non-hydrogen) atoms. The van der Waals surface area contributed by atoms with Gasteiger partial charge in [0.15, 0.2) is 0 Å². The first-order chi connectivity index (χ1) is 6.75. The molecule has 1 saturated heterocycles. The van der Waals surface area contributed by atoms with Crippen molar-refractivity contribution in [1.82, 2.24) is 15.3 Å². The highest BCUT2D eigenvalue weighted by molar-refractivity contribution is 5.10. The summed E-state index contributed by atoms with van der Waals surface area (Å²) in [6, 6.07) is 2.40. The number of nitrogens with zero attached hydrogens (tertiary/aromatic N) is 2. The van der Waals surface area contributed by atoms with E-state index in [1.54, 1.807) is 0 Å². The van der Waals surface area contributed by atoms with Crippen LogP contribution in [0.3, 0.4) is 0 Å². The Morgan fingerprint density at radius 2 is 1.93 bits per heavy atom. The van der Waals surface area contributed by atoms with Gasteiger partial charge in [0, 0.05) is 11.4 Å². The summed E-state index contributed by atoms with van der Waals surface area (Å²) in [5, 5.41) is 3.46. The first-order valence-electron chi connectivity index (χ1n) is 5.31. The molecule has 1 aromatic heterocycles. The molecule has 0 saturated carbocycles. The quantitative estimate of drug-likeness (QED) is 0.736. The lowest BCUT2D eigenvalue weighted by Crippen LogP contribution is -2.28. The molecule has 3 heteroatoms. The topological polar surface area (TPSA) is 37.8 Å². The number of aryl methyl sites for hydroxylation is 2. The van der Waals surface area contributed by atoms with Crippen LogP contribution in [0.5, 0.6) is 0 Å². The Balaban J connectivity index is 2.21. The van der Waals surface area contributed by atoms with Crippen molar-refractivity contribution < 1.29 is 0 Å². The fourth-order valence-electron chi connectivity index (χ4n) is 1.98. The Kier molecular flexibility index (Phi) is 2.77. The van der Waals surface area contributed by atoms with Crippen molar-refractivity contribution in [2.24, 2.45) is 0 Å². The summed E-state index contributed by atoms with van der Waals surface area (Å²) in [6.07, 6.45) is 3.73. The summed E-state index contributed by atoms with van der Waals surface area (Å²) in [6.45, 7) is 5.16. The van der Waals surface area contributed by atoms with E-state index in [2.05, 4.69) is 15.3 Å². The Bertz CT molecular complexity index is 296. The molecule has 0 amide bonds. The minimum Gasteiger partial charge on any atom is -0.307 e. The van der Waals surface area contributed by atoms with E-state index in [0.29, 0.717) is 6.04 Å². The number of hydrogen-bond acceptors (Lipinski definition) is 3. The molecule has 0 aliphatic carbocycles. The van der Waals surface area contributed by atoms with Gasteiger partial charge < -0.3 is 5.32 Å². The van der Waals surface area contributed by atoms with E-state index in [9.17, 15) is 0 Å². The number of hydrogen-bond donors (Lipinski definition) is 1. The van der Waals surface area contributed by atoms with Crippen molar-refractivity contribution in [1.29, 1.82) is 0 Å². The maximum absolute atomic E-state index is 4.48. The molecule has 1 aliphatic rings. The van der Waals surface area contributed by atoms with Crippen LogP contribution < -0.4 is 5.32 Å². The second-order valence-electron chi connectivity index (χ2n) is 4.01. The first kappa shape index (κ1) is 9.59. The molecule has 3 nitrogen and oxygen atoms in total. The number of aromatic nitrogens is 2. The zero-order valence-corrected chi connectivity index (χ0v) is 8.88. The van der Waals surface area contributed by atoms with Crippen molar-refractivity contribution in [2.75, 3.05) is 6.54 Å². The zero-order valence-electron chi connectivity index (χ0n) is 8.88. The fraction of sp³-hybridized carbons (Fsp3) is 0.636. The van der Waals surface area contributed by atoms with Crippen molar-refractivity contribution in [2.45, 2.75) is 39.2 Å². The van der Waals surface area contributed by atoms with Gasteiger partial charge in [0.25, 0.3) is 0 Å². The van der Waals surface area contributed by atoms with E-state index < -0.39 is 0 Å². The van der Waals surface area contributed by atoms with Gasteiger partial charge in [0.1, 0.15) is 5.82 Å². The molecule has 2 rings (SSSR count). The third kappa shape index (κ3) is 2.10. The van der Waals surface area contributed by atoms with Crippen molar-refractivity contribution >= 4 is 0 Å². The Labute approximate surface area is 85.0 Å². The standard InChI is InChI=1S/C11H17N3/c1-8-7-9(2)14-11(13-8)10-5-3-4-6-12-10/h7,10,12H,3-6H2,1-2H3/t10-/m0/s1. The third-order valence-corrected chi connectivity index (χ3v) is 2.62. The van der Waals surface area contributed by atoms with Crippen molar-refractivity contribution in [3.8, 4) is 0 Å². The van der Waals surface area contributed by atoms with Crippen molar-refractivity contribution in [3.05, 3.63) is 23.3 Å². The predicted molar refractivity (Wildman–Crippen MR) is 56.1 cm³/mol. The van der Waals surface area contributed by atoms with Crippen LogP contribution in [-0.4, -0.2) is 16.5 Å². The highest BCUT2D eigenvalue weighted by Gasteiger charge is 2.17. The average molecular weight is 191 g/mol. The van der Waals surface area contributed by atoms with Crippen LogP contribution in [0, 0.1) is 13.8 Å². The first-order valence-corrected chi connectivity index (χ1v) is 5.31. The molecular formula is C11H17N3. The van der Waals surface area contributed by atoms with E-state index in [4.69, 9.17) is 0 Å². The second kappa shape index (κ2) is 4.05. The zero-order chi connectivity index (χ0) is 9.97. The van der Waals surface area contributed by atoms with Gasteiger partial charge in [-0.3, -0.25) is 0 Å². The molecule has 1 fully saturated rings. The minimum atomic E-state index is 0.377. The predicted octanol–water partition coefficient (Wildman–Crippen LogP) is 1.91. The summed E-state index contributed by atoms with van der Waals surface area (Å²) in [5.74, 6) is 0.974. The van der Waals surface area contributed by atoms with Gasteiger partial charge in [-0.1, -0.05) is 6.42 Å². The molecule has 1 aliphatic heterocycles. The van der Waals surface area contributed by atoms with Gasteiger partial charge in [-0.15, -0.1) is 0 Å². The molecule has 0 aromatic carbocycles. The van der Waals surface area contributed by atoms with Gasteiger partial charge >= 0.3 is 0 Å². The maximum Gasteiger partial charge on any atom is 0.145 e. The molecule has 1 atom stereocenters. The van der Waals surface area contributed by atoms with Crippen LogP contribution in [0.2, 0.25) is 0 Å².